The number of hydrogen-bond acceptors (Lipinski definition) is 5. The zero-order chi connectivity index (χ0) is 15.2. The van der Waals surface area contributed by atoms with Crippen molar-refractivity contribution in [2.75, 3.05) is 7.05 Å². The highest BCUT2D eigenvalue weighted by molar-refractivity contribution is 7.11. The van der Waals surface area contributed by atoms with Crippen LogP contribution in [0.2, 0.25) is 0 Å². The molecule has 108 valence electrons. The van der Waals surface area contributed by atoms with Gasteiger partial charge in [-0.15, -0.1) is 11.3 Å². The van der Waals surface area contributed by atoms with Gasteiger partial charge in [0.1, 0.15) is 6.33 Å². The number of amides is 1. The fraction of sp³-hybridized carbons (Fsp3) is 0.143. The molecule has 0 aromatic carbocycles. The van der Waals surface area contributed by atoms with Gasteiger partial charge in [0, 0.05) is 36.9 Å². The van der Waals surface area contributed by atoms with Crippen molar-refractivity contribution in [2.45, 2.75) is 6.54 Å². The molecular weight excluding hydrogens is 290 g/mol. The Labute approximate surface area is 125 Å². The third kappa shape index (κ3) is 4.22. The molecule has 0 fully saturated rings. The Morgan fingerprint density at radius 3 is 2.76 bits per heavy atom. The van der Waals surface area contributed by atoms with Crippen LogP contribution in [0.15, 0.2) is 36.2 Å². The normalized spacial score (nSPS) is 10.7. The first kappa shape index (κ1) is 14.9. The van der Waals surface area contributed by atoms with Crippen molar-refractivity contribution < 1.29 is 14.7 Å². The zero-order valence-corrected chi connectivity index (χ0v) is 12.1. The number of aromatic nitrogens is 2. The molecule has 0 aliphatic rings. The highest BCUT2D eigenvalue weighted by atomic mass is 32.1. The number of hydrogen-bond donors (Lipinski definition) is 1. The maximum atomic E-state index is 12.1. The summed E-state index contributed by atoms with van der Waals surface area (Å²) < 4.78 is 0. The average Bonchev–Trinajstić information content (AvgIpc) is 2.92. The second kappa shape index (κ2) is 6.76. The Kier molecular flexibility index (Phi) is 4.78. The van der Waals surface area contributed by atoms with Gasteiger partial charge in [-0.1, -0.05) is 0 Å². The fourth-order valence-electron chi connectivity index (χ4n) is 1.69. The Bertz CT molecular complexity index is 667. The van der Waals surface area contributed by atoms with Crippen molar-refractivity contribution in [1.29, 1.82) is 0 Å². The minimum Gasteiger partial charge on any atom is -0.478 e. The second-order valence-corrected chi connectivity index (χ2v) is 5.26. The number of carbonyl (C=O) groups is 2. The molecule has 0 radical (unpaired) electrons. The molecule has 1 amide bonds. The van der Waals surface area contributed by atoms with Crippen molar-refractivity contribution >= 4 is 29.3 Å². The molecule has 0 aliphatic heterocycles. The van der Waals surface area contributed by atoms with Crippen molar-refractivity contribution in [3.8, 4) is 0 Å². The monoisotopic (exact) mass is 303 g/mol. The first-order valence-corrected chi connectivity index (χ1v) is 6.93. The smallest absolute Gasteiger partial charge is 0.328 e. The van der Waals surface area contributed by atoms with Crippen LogP contribution in [0, 0.1) is 0 Å². The van der Waals surface area contributed by atoms with Crippen molar-refractivity contribution in [1.82, 2.24) is 14.9 Å². The molecule has 21 heavy (non-hydrogen) atoms. The first-order chi connectivity index (χ1) is 10.1. The molecule has 0 atom stereocenters. The van der Waals surface area contributed by atoms with Gasteiger partial charge in [0.25, 0.3) is 5.91 Å². The summed E-state index contributed by atoms with van der Waals surface area (Å²) in [6.07, 6.45) is 6.94. The Hall–Kier alpha value is -2.54. The lowest BCUT2D eigenvalue weighted by Gasteiger charge is -2.15. The van der Waals surface area contributed by atoms with E-state index in [1.54, 1.807) is 11.9 Å². The molecule has 2 heterocycles. The number of rotatable bonds is 5. The molecule has 0 bridgehead atoms. The molecule has 0 aliphatic carbocycles. The van der Waals surface area contributed by atoms with E-state index >= 15 is 0 Å². The third-order valence-electron chi connectivity index (χ3n) is 2.64. The predicted octanol–water partition coefficient (Wildman–Crippen LogP) is 1.91. The average molecular weight is 303 g/mol. The van der Waals surface area contributed by atoms with E-state index in [1.165, 1.54) is 36.1 Å². The Morgan fingerprint density at radius 2 is 2.10 bits per heavy atom. The van der Waals surface area contributed by atoms with Crippen LogP contribution < -0.4 is 0 Å². The van der Waals surface area contributed by atoms with Gasteiger partial charge in [-0.25, -0.2) is 14.8 Å². The predicted molar refractivity (Wildman–Crippen MR) is 78.8 cm³/mol. The second-order valence-electron chi connectivity index (χ2n) is 4.32. The van der Waals surface area contributed by atoms with Crippen LogP contribution in [0.4, 0.5) is 0 Å². The molecule has 0 saturated carbocycles. The summed E-state index contributed by atoms with van der Waals surface area (Å²) in [5, 5.41) is 10.5. The van der Waals surface area contributed by atoms with Gasteiger partial charge in [-0.2, -0.15) is 0 Å². The van der Waals surface area contributed by atoms with E-state index in [0.29, 0.717) is 12.1 Å². The number of thiophene rings is 1. The van der Waals surface area contributed by atoms with E-state index in [9.17, 15) is 9.59 Å². The van der Waals surface area contributed by atoms with Crippen LogP contribution in [0.25, 0.3) is 6.08 Å². The summed E-state index contributed by atoms with van der Waals surface area (Å²) in [5.74, 6) is -1.15. The molecule has 2 aromatic heterocycles. The number of aliphatic carboxylic acids is 1. The summed E-state index contributed by atoms with van der Waals surface area (Å²) in [4.78, 5) is 32.6. The van der Waals surface area contributed by atoms with Crippen molar-refractivity contribution in [3.63, 3.8) is 0 Å². The molecule has 0 saturated heterocycles. The van der Waals surface area contributed by atoms with Gasteiger partial charge in [0.2, 0.25) is 0 Å². The van der Waals surface area contributed by atoms with E-state index < -0.39 is 5.97 Å². The number of carboxylic acids is 1. The minimum atomic E-state index is -0.985. The maximum absolute atomic E-state index is 12.1. The SMILES string of the molecule is CN(Cc1csc(/C=C/C(=O)O)c1)C(=O)c1cncnc1. The summed E-state index contributed by atoms with van der Waals surface area (Å²) >= 11 is 1.43. The third-order valence-corrected chi connectivity index (χ3v) is 3.58. The largest absolute Gasteiger partial charge is 0.478 e. The van der Waals surface area contributed by atoms with Crippen LogP contribution in [0.3, 0.4) is 0 Å². The van der Waals surface area contributed by atoms with Gasteiger partial charge in [-0.3, -0.25) is 4.79 Å². The molecule has 7 heteroatoms. The molecule has 1 N–H and O–H groups in total. The zero-order valence-electron chi connectivity index (χ0n) is 11.3. The Balaban J connectivity index is 2.01. The van der Waals surface area contributed by atoms with Crippen LogP contribution in [0.1, 0.15) is 20.8 Å². The Morgan fingerprint density at radius 1 is 1.38 bits per heavy atom. The molecule has 0 spiro atoms. The lowest BCUT2D eigenvalue weighted by atomic mass is 10.2. The molecule has 0 unspecified atom stereocenters. The molecular formula is C14H13N3O3S. The van der Waals surface area contributed by atoms with E-state index in [1.807, 2.05) is 11.4 Å². The van der Waals surface area contributed by atoms with Crippen LogP contribution >= 0.6 is 11.3 Å². The number of nitrogens with zero attached hydrogens (tertiary/aromatic N) is 3. The van der Waals surface area contributed by atoms with Gasteiger partial charge >= 0.3 is 5.97 Å². The summed E-state index contributed by atoms with van der Waals surface area (Å²) in [6.45, 7) is 0.436. The summed E-state index contributed by atoms with van der Waals surface area (Å²) in [7, 11) is 1.69. The lowest BCUT2D eigenvalue weighted by Crippen LogP contribution is -2.26. The van der Waals surface area contributed by atoms with Crippen LogP contribution in [0.5, 0.6) is 0 Å². The quantitative estimate of drug-likeness (QED) is 0.853. The van der Waals surface area contributed by atoms with Gasteiger partial charge in [0.05, 0.1) is 5.56 Å². The topological polar surface area (TPSA) is 83.4 Å². The van der Waals surface area contributed by atoms with Crippen LogP contribution in [-0.2, 0) is 11.3 Å². The van der Waals surface area contributed by atoms with Crippen molar-refractivity contribution in [2.24, 2.45) is 0 Å². The number of carboxylic acid groups (broad SMARTS) is 1. The molecule has 2 rings (SSSR count). The summed E-state index contributed by atoms with van der Waals surface area (Å²) in [6, 6.07) is 1.86. The highest BCUT2D eigenvalue weighted by Gasteiger charge is 2.13. The molecule has 6 nitrogen and oxygen atoms in total. The van der Waals surface area contributed by atoms with Crippen molar-refractivity contribution in [3.05, 3.63) is 52.2 Å². The van der Waals surface area contributed by atoms with Gasteiger partial charge in [-0.05, 0) is 23.1 Å². The highest BCUT2D eigenvalue weighted by Crippen LogP contribution is 2.18. The maximum Gasteiger partial charge on any atom is 0.328 e. The minimum absolute atomic E-state index is 0.163. The first-order valence-electron chi connectivity index (χ1n) is 6.05. The van der Waals surface area contributed by atoms with Gasteiger partial charge in [0.15, 0.2) is 0 Å². The lowest BCUT2D eigenvalue weighted by molar-refractivity contribution is -0.131. The number of carbonyl (C=O) groups excluding carboxylic acids is 1. The van der Waals surface area contributed by atoms with E-state index in [2.05, 4.69) is 9.97 Å². The van der Waals surface area contributed by atoms with E-state index in [-0.39, 0.29) is 5.91 Å². The standard InChI is InChI=1S/C14H13N3O3S/c1-17(14(20)11-5-15-9-16-6-11)7-10-4-12(21-8-10)2-3-13(18)19/h2-6,8-9H,7H2,1H3,(H,18,19)/b3-2+. The van der Waals surface area contributed by atoms with Crippen LogP contribution in [-0.4, -0.2) is 38.9 Å². The fourth-order valence-corrected chi connectivity index (χ4v) is 2.49. The molecule has 2 aromatic rings. The van der Waals surface area contributed by atoms with E-state index in [4.69, 9.17) is 5.11 Å². The van der Waals surface area contributed by atoms with E-state index in [0.717, 1.165) is 16.5 Å². The summed E-state index contributed by atoms with van der Waals surface area (Å²) in [5.41, 5.74) is 1.37. The van der Waals surface area contributed by atoms with Gasteiger partial charge < -0.3 is 10.0 Å².